The van der Waals surface area contributed by atoms with Gasteiger partial charge in [-0.25, -0.2) is 4.39 Å². The van der Waals surface area contributed by atoms with Crippen molar-refractivity contribution in [3.05, 3.63) is 23.8 Å². The van der Waals surface area contributed by atoms with Crippen LogP contribution in [0.1, 0.15) is 127 Å². The molecular weight excluding hydrogens is 374 g/mol. The summed E-state index contributed by atoms with van der Waals surface area (Å²) in [6.45, 7) is 17.3. The van der Waals surface area contributed by atoms with E-state index in [1.807, 2.05) is 13.8 Å². The Hall–Kier alpha value is -0.660. The fourth-order valence-electron chi connectivity index (χ4n) is 3.86. The van der Waals surface area contributed by atoms with E-state index < -0.39 is 6.17 Å². The van der Waals surface area contributed by atoms with Gasteiger partial charge in [-0.1, -0.05) is 97.3 Å². The molecule has 1 atom stereocenters. The zero-order chi connectivity index (χ0) is 23.8. The first-order chi connectivity index (χ1) is 14.4. The summed E-state index contributed by atoms with van der Waals surface area (Å²) in [6.07, 6.45) is 20.5. The zero-order valence-electron chi connectivity index (χ0n) is 22.1. The van der Waals surface area contributed by atoms with Gasteiger partial charge in [0.2, 0.25) is 0 Å². The molecule has 0 amide bonds. The average molecular weight is 431 g/mol. The van der Waals surface area contributed by atoms with Crippen molar-refractivity contribution in [2.75, 3.05) is 6.67 Å². The summed E-state index contributed by atoms with van der Waals surface area (Å²) in [7, 11) is 0. The van der Waals surface area contributed by atoms with Crippen molar-refractivity contribution in [2.24, 2.45) is 17.8 Å². The quantitative estimate of drug-likeness (QED) is 0.319. The van der Waals surface area contributed by atoms with Crippen LogP contribution in [0, 0.1) is 17.8 Å². The van der Waals surface area contributed by atoms with Gasteiger partial charge in [-0.3, -0.25) is 4.39 Å². The van der Waals surface area contributed by atoms with Crippen molar-refractivity contribution in [1.82, 2.24) is 0 Å². The molecule has 0 saturated heterocycles. The topological polar surface area (TPSA) is 0 Å². The van der Waals surface area contributed by atoms with Crippen molar-refractivity contribution in [2.45, 2.75) is 133 Å². The molecule has 0 spiro atoms. The van der Waals surface area contributed by atoms with Crippen LogP contribution in [0.5, 0.6) is 0 Å². The van der Waals surface area contributed by atoms with Gasteiger partial charge in [-0.2, -0.15) is 0 Å². The highest BCUT2D eigenvalue weighted by atomic mass is 19.1. The van der Waals surface area contributed by atoms with Crippen LogP contribution in [0.15, 0.2) is 23.8 Å². The monoisotopic (exact) mass is 430 g/mol. The van der Waals surface area contributed by atoms with Gasteiger partial charge in [0.15, 0.2) is 0 Å². The van der Waals surface area contributed by atoms with Crippen molar-refractivity contribution in [1.29, 1.82) is 0 Å². The highest BCUT2D eigenvalue weighted by Gasteiger charge is 2.19. The third-order valence-electron chi connectivity index (χ3n) is 5.37. The maximum absolute atomic E-state index is 11.0. The number of halogens is 2. The van der Waals surface area contributed by atoms with Crippen molar-refractivity contribution in [3.63, 3.8) is 0 Å². The lowest BCUT2D eigenvalue weighted by molar-refractivity contribution is 0.268. The third kappa shape index (κ3) is 23.6. The maximum Gasteiger partial charge on any atom is 0.0945 e. The van der Waals surface area contributed by atoms with E-state index >= 15 is 0 Å². The molecule has 1 rings (SSSR count). The molecule has 1 aliphatic carbocycles. The molecule has 0 aromatic carbocycles. The number of unbranched alkanes of at least 4 members (excludes halogenated alkanes) is 1. The number of hydrogen-bond donors (Lipinski definition) is 0. The van der Waals surface area contributed by atoms with Gasteiger partial charge in [-0.05, 0) is 70.8 Å². The number of hydrogen-bond acceptors (Lipinski definition) is 0. The van der Waals surface area contributed by atoms with Gasteiger partial charge < -0.3 is 0 Å². The Morgan fingerprint density at radius 2 is 1.43 bits per heavy atom. The Bertz CT molecular complexity index is 360. The van der Waals surface area contributed by atoms with E-state index in [0.29, 0.717) is 0 Å². The minimum Gasteiger partial charge on any atom is -0.251 e. The van der Waals surface area contributed by atoms with Crippen LogP contribution in [-0.4, -0.2) is 12.8 Å². The Morgan fingerprint density at radius 3 is 1.83 bits per heavy atom. The largest absolute Gasteiger partial charge is 0.251 e. The van der Waals surface area contributed by atoms with Gasteiger partial charge >= 0.3 is 0 Å². The van der Waals surface area contributed by atoms with E-state index in [-0.39, 0.29) is 6.67 Å². The molecule has 1 aliphatic rings. The predicted molar refractivity (Wildman–Crippen MR) is 136 cm³/mol. The van der Waals surface area contributed by atoms with Crippen LogP contribution in [0.4, 0.5) is 8.78 Å². The summed E-state index contributed by atoms with van der Waals surface area (Å²) in [5, 5.41) is 0. The molecule has 0 N–H and O–H groups in total. The molecule has 0 heterocycles. The Labute approximate surface area is 190 Å². The van der Waals surface area contributed by atoms with E-state index in [1.54, 1.807) is 5.57 Å². The van der Waals surface area contributed by atoms with Gasteiger partial charge in [0.05, 0.1) is 12.8 Å². The van der Waals surface area contributed by atoms with Crippen LogP contribution in [-0.2, 0) is 0 Å². The fourth-order valence-corrected chi connectivity index (χ4v) is 3.86. The summed E-state index contributed by atoms with van der Waals surface area (Å²) in [4.78, 5) is 0. The fraction of sp³-hybridized carbons (Fsp3) is 0.857. The molecule has 1 unspecified atom stereocenters. The molecule has 1 saturated carbocycles. The van der Waals surface area contributed by atoms with E-state index in [9.17, 15) is 8.78 Å². The molecule has 182 valence electrons. The van der Waals surface area contributed by atoms with E-state index in [1.165, 1.54) is 85.0 Å². The molecule has 0 aromatic rings. The number of allylic oxidation sites excluding steroid dienone is 4. The summed E-state index contributed by atoms with van der Waals surface area (Å²) in [6, 6.07) is 0. The van der Waals surface area contributed by atoms with Crippen LogP contribution in [0.25, 0.3) is 0 Å². The van der Waals surface area contributed by atoms with Gasteiger partial charge in [0.25, 0.3) is 0 Å². The van der Waals surface area contributed by atoms with Crippen molar-refractivity contribution >= 4 is 0 Å². The number of rotatable bonds is 9. The Balaban J connectivity index is -0.000000691. The first kappa shape index (κ1) is 34.0. The lowest BCUT2D eigenvalue weighted by Gasteiger charge is -2.27. The minimum atomic E-state index is -0.667. The lowest BCUT2D eigenvalue weighted by atomic mass is 9.79. The molecule has 0 aromatic heterocycles. The molecule has 2 heteroatoms. The SMILES string of the molecule is C/C=C\C(=C/C)C(CCCC)CCCC1CCC(C)CC1.CC.CC(C)F.CCF. The molecular formula is C28H56F2. The number of alkyl halides is 2. The van der Waals surface area contributed by atoms with Crippen LogP contribution in [0.3, 0.4) is 0 Å². The zero-order valence-corrected chi connectivity index (χ0v) is 22.1. The normalized spacial score (nSPS) is 19.8. The summed E-state index contributed by atoms with van der Waals surface area (Å²) < 4.78 is 21.3. The van der Waals surface area contributed by atoms with Crippen LogP contribution < -0.4 is 0 Å². The lowest BCUT2D eigenvalue weighted by Crippen LogP contribution is -2.13. The van der Waals surface area contributed by atoms with Gasteiger partial charge in [-0.15, -0.1) is 0 Å². The van der Waals surface area contributed by atoms with Gasteiger partial charge in [0.1, 0.15) is 0 Å². The second-order valence-corrected chi connectivity index (χ2v) is 8.47. The highest BCUT2D eigenvalue weighted by molar-refractivity contribution is 5.20. The molecule has 0 radical (unpaired) electrons. The standard InChI is InChI=1S/C21H38.C3H7F.C2H5F.C2H6/c1-5-8-12-21(20(7-3)10-6-2)13-9-11-19-16-14-18(4)15-17-19;1-3(2)4;1-2-3;1-2/h6-7,10,18-19,21H,5,8-9,11-17H2,1-4H3;3H,1-2H3;2H2,1H3;1-2H3/b10-6-,20-7+;;;. The van der Waals surface area contributed by atoms with Gasteiger partial charge in [0, 0.05) is 0 Å². The Morgan fingerprint density at radius 1 is 0.967 bits per heavy atom. The van der Waals surface area contributed by atoms with E-state index in [0.717, 1.165) is 17.8 Å². The maximum atomic E-state index is 11.0. The minimum absolute atomic E-state index is 0.250. The van der Waals surface area contributed by atoms with E-state index in [2.05, 4.69) is 45.9 Å². The van der Waals surface area contributed by atoms with Crippen molar-refractivity contribution in [3.8, 4) is 0 Å². The first-order valence-electron chi connectivity index (χ1n) is 12.8. The Kier molecular flexibility index (Phi) is 29.9. The average Bonchev–Trinajstić information content (AvgIpc) is 2.72. The van der Waals surface area contributed by atoms with Crippen LogP contribution >= 0.6 is 0 Å². The van der Waals surface area contributed by atoms with E-state index in [4.69, 9.17) is 0 Å². The summed E-state index contributed by atoms with van der Waals surface area (Å²) >= 11 is 0. The molecule has 0 bridgehead atoms. The predicted octanol–water partition coefficient (Wildman–Crippen LogP) is 10.7. The highest BCUT2D eigenvalue weighted by Crippen LogP contribution is 2.33. The van der Waals surface area contributed by atoms with Crippen LogP contribution in [0.2, 0.25) is 0 Å². The molecule has 30 heavy (non-hydrogen) atoms. The molecule has 1 fully saturated rings. The summed E-state index contributed by atoms with van der Waals surface area (Å²) in [5.41, 5.74) is 1.57. The van der Waals surface area contributed by atoms with Crippen molar-refractivity contribution < 1.29 is 8.78 Å². The summed E-state index contributed by atoms with van der Waals surface area (Å²) in [5.74, 6) is 2.82. The molecule has 0 aliphatic heterocycles. The second-order valence-electron chi connectivity index (χ2n) is 8.47. The second kappa shape index (κ2) is 26.4. The first-order valence-corrected chi connectivity index (χ1v) is 12.8. The smallest absolute Gasteiger partial charge is 0.0945 e. The third-order valence-corrected chi connectivity index (χ3v) is 5.37. The molecule has 0 nitrogen and oxygen atoms in total.